The maximum Gasteiger partial charge on any atom is 0.534 e. The van der Waals surface area contributed by atoms with Crippen LogP contribution in [-0.4, -0.2) is 30.7 Å². The molecule has 0 radical (unpaired) electrons. The summed E-state index contributed by atoms with van der Waals surface area (Å²) < 4.78 is 67.1. The van der Waals surface area contributed by atoms with Gasteiger partial charge in [-0.1, -0.05) is 31.9 Å². The summed E-state index contributed by atoms with van der Waals surface area (Å²) >= 11 is 6.54. The van der Waals surface area contributed by atoms with Gasteiger partial charge in [-0.25, -0.2) is 0 Å². The van der Waals surface area contributed by atoms with E-state index < -0.39 is 21.4 Å². The van der Waals surface area contributed by atoms with Gasteiger partial charge in [0.2, 0.25) is 0 Å². The molecule has 1 aromatic carbocycles. The molecule has 114 valence electrons. The van der Waals surface area contributed by atoms with Gasteiger partial charge >= 0.3 is 15.6 Å². The van der Waals surface area contributed by atoms with Crippen molar-refractivity contribution < 1.29 is 30.5 Å². The van der Waals surface area contributed by atoms with E-state index in [1.54, 1.807) is 0 Å². The number of rotatable bonds is 6. The minimum atomic E-state index is -5.65. The Bertz CT molecular complexity index is 530. The van der Waals surface area contributed by atoms with Crippen molar-refractivity contribution in [3.8, 4) is 11.5 Å². The molecule has 10 heteroatoms. The van der Waals surface area contributed by atoms with Crippen LogP contribution >= 0.6 is 31.9 Å². The standard InChI is InChI=1S/C10H9Br2F3O4S/c11-5-7(12)6-18-8-1-3-9(4-2-8)19-20(16,17)10(13,14)15/h1-4,7H,5-6H2. The predicted molar refractivity (Wildman–Crippen MR) is 74.0 cm³/mol. The van der Waals surface area contributed by atoms with E-state index in [0.29, 0.717) is 17.7 Å². The van der Waals surface area contributed by atoms with Gasteiger partial charge in [0.05, 0.1) is 4.83 Å². The second kappa shape index (κ2) is 6.99. The van der Waals surface area contributed by atoms with E-state index in [2.05, 4.69) is 36.0 Å². The van der Waals surface area contributed by atoms with Crippen LogP contribution in [0.1, 0.15) is 0 Å². The molecule has 0 N–H and O–H groups in total. The Morgan fingerprint density at radius 3 is 2.10 bits per heavy atom. The molecule has 0 aromatic heterocycles. The molecule has 1 atom stereocenters. The van der Waals surface area contributed by atoms with Gasteiger partial charge in [0.25, 0.3) is 0 Å². The number of benzene rings is 1. The maximum absolute atomic E-state index is 12.1. The first kappa shape index (κ1) is 17.6. The molecule has 0 bridgehead atoms. The Hall–Kier alpha value is -0.480. The number of halogens is 5. The van der Waals surface area contributed by atoms with Crippen LogP contribution in [0.3, 0.4) is 0 Å². The molecule has 4 nitrogen and oxygen atoms in total. The van der Waals surface area contributed by atoms with Gasteiger partial charge in [-0.05, 0) is 24.3 Å². The van der Waals surface area contributed by atoms with Crippen molar-refractivity contribution in [2.45, 2.75) is 10.3 Å². The average molecular weight is 442 g/mol. The first-order valence-electron chi connectivity index (χ1n) is 5.09. The van der Waals surface area contributed by atoms with Gasteiger partial charge < -0.3 is 8.92 Å². The van der Waals surface area contributed by atoms with Gasteiger partial charge in [-0.2, -0.15) is 21.6 Å². The number of hydrogen-bond acceptors (Lipinski definition) is 4. The zero-order chi connectivity index (χ0) is 15.4. The van der Waals surface area contributed by atoms with E-state index in [0.717, 1.165) is 12.1 Å². The average Bonchev–Trinajstić information content (AvgIpc) is 2.35. The molecule has 0 saturated heterocycles. The van der Waals surface area contributed by atoms with Crippen LogP contribution < -0.4 is 8.92 Å². The zero-order valence-electron chi connectivity index (χ0n) is 9.73. The molecule has 0 amide bonds. The molecule has 0 saturated carbocycles. The SMILES string of the molecule is O=S(=O)(Oc1ccc(OCC(Br)CBr)cc1)C(F)(F)F. The molecule has 0 aliphatic carbocycles. The van der Waals surface area contributed by atoms with Crippen molar-refractivity contribution >= 4 is 42.0 Å². The largest absolute Gasteiger partial charge is 0.534 e. The Labute approximate surface area is 130 Å². The summed E-state index contributed by atoms with van der Waals surface area (Å²) in [5, 5.41) is 0.665. The van der Waals surface area contributed by atoms with Gasteiger partial charge in [0.15, 0.2) is 0 Å². The first-order chi connectivity index (χ1) is 9.15. The van der Waals surface area contributed by atoms with Crippen LogP contribution in [0.25, 0.3) is 0 Å². The van der Waals surface area contributed by atoms with Crippen molar-refractivity contribution in [3.05, 3.63) is 24.3 Å². The zero-order valence-corrected chi connectivity index (χ0v) is 13.7. The second-order valence-electron chi connectivity index (χ2n) is 3.52. The van der Waals surface area contributed by atoms with E-state index in [-0.39, 0.29) is 4.83 Å². The summed E-state index contributed by atoms with van der Waals surface area (Å²) in [7, 11) is -5.65. The third-order valence-electron chi connectivity index (χ3n) is 1.91. The summed E-state index contributed by atoms with van der Waals surface area (Å²) in [5.74, 6) is -0.0577. The second-order valence-corrected chi connectivity index (χ2v) is 7.00. The Balaban J connectivity index is 2.68. The summed E-state index contributed by atoms with van der Waals surface area (Å²) in [6.07, 6.45) is 0. The van der Waals surface area contributed by atoms with Gasteiger partial charge in [0, 0.05) is 5.33 Å². The molecule has 20 heavy (non-hydrogen) atoms. The van der Waals surface area contributed by atoms with Crippen LogP contribution in [-0.2, 0) is 10.1 Å². The van der Waals surface area contributed by atoms with Crippen molar-refractivity contribution in [3.63, 3.8) is 0 Å². The van der Waals surface area contributed by atoms with Gasteiger partial charge in [0.1, 0.15) is 18.1 Å². The Morgan fingerprint density at radius 2 is 1.65 bits per heavy atom. The lowest BCUT2D eigenvalue weighted by molar-refractivity contribution is -0.0500. The van der Waals surface area contributed by atoms with Crippen molar-refractivity contribution in [1.29, 1.82) is 0 Å². The highest BCUT2D eigenvalue weighted by Gasteiger charge is 2.48. The van der Waals surface area contributed by atoms with Crippen molar-refractivity contribution in [2.75, 3.05) is 11.9 Å². The fourth-order valence-corrected chi connectivity index (χ4v) is 1.77. The lowest BCUT2D eigenvalue weighted by atomic mass is 10.3. The summed E-state index contributed by atoms with van der Waals surface area (Å²) in [4.78, 5) is 0.0732. The Kier molecular flexibility index (Phi) is 6.14. The Morgan fingerprint density at radius 1 is 1.15 bits per heavy atom. The molecular formula is C10H9Br2F3O4S. The molecular weight excluding hydrogens is 433 g/mol. The van der Waals surface area contributed by atoms with Crippen LogP contribution in [0.5, 0.6) is 11.5 Å². The summed E-state index contributed by atoms with van der Waals surface area (Å²) in [6, 6.07) is 4.79. The van der Waals surface area contributed by atoms with Crippen LogP contribution in [0.15, 0.2) is 24.3 Å². The molecule has 0 heterocycles. The molecule has 0 spiro atoms. The third kappa shape index (κ3) is 5.13. The van der Waals surface area contributed by atoms with Crippen LogP contribution in [0.2, 0.25) is 0 Å². The molecule has 0 aliphatic rings. The summed E-state index contributed by atoms with van der Waals surface area (Å²) in [6.45, 7) is 0.340. The quantitative estimate of drug-likeness (QED) is 0.385. The molecule has 1 unspecified atom stereocenters. The molecule has 1 aromatic rings. The monoisotopic (exact) mass is 440 g/mol. The van der Waals surface area contributed by atoms with Crippen LogP contribution in [0, 0.1) is 0 Å². The van der Waals surface area contributed by atoms with Crippen molar-refractivity contribution in [1.82, 2.24) is 0 Å². The topological polar surface area (TPSA) is 52.6 Å². The number of alkyl halides is 5. The van der Waals surface area contributed by atoms with Gasteiger partial charge in [-0.3, -0.25) is 0 Å². The highest BCUT2D eigenvalue weighted by molar-refractivity contribution is 9.12. The predicted octanol–water partition coefficient (Wildman–Crippen LogP) is 3.45. The smallest absolute Gasteiger partial charge is 0.492 e. The number of ether oxygens (including phenoxy) is 1. The normalized spacial score (nSPS) is 13.8. The fourth-order valence-electron chi connectivity index (χ4n) is 0.997. The number of hydrogen-bond donors (Lipinski definition) is 0. The molecule has 1 rings (SSSR count). The molecule has 0 fully saturated rings. The highest BCUT2D eigenvalue weighted by Crippen LogP contribution is 2.27. The third-order valence-corrected chi connectivity index (χ3v) is 5.13. The van der Waals surface area contributed by atoms with Crippen molar-refractivity contribution in [2.24, 2.45) is 0 Å². The van der Waals surface area contributed by atoms with E-state index >= 15 is 0 Å². The van der Waals surface area contributed by atoms with E-state index in [9.17, 15) is 21.6 Å². The van der Waals surface area contributed by atoms with Gasteiger partial charge in [-0.15, -0.1) is 0 Å². The lowest BCUT2D eigenvalue weighted by Gasteiger charge is -2.11. The fraction of sp³-hybridized carbons (Fsp3) is 0.400. The lowest BCUT2D eigenvalue weighted by Crippen LogP contribution is -2.28. The maximum atomic E-state index is 12.1. The highest BCUT2D eigenvalue weighted by atomic mass is 79.9. The summed E-state index contributed by atoms with van der Waals surface area (Å²) in [5.41, 5.74) is -5.46. The van der Waals surface area contributed by atoms with E-state index in [4.69, 9.17) is 4.74 Å². The van der Waals surface area contributed by atoms with E-state index in [1.807, 2.05) is 0 Å². The molecule has 0 aliphatic heterocycles. The van der Waals surface area contributed by atoms with E-state index in [1.165, 1.54) is 12.1 Å². The first-order valence-corrected chi connectivity index (χ1v) is 8.54. The van der Waals surface area contributed by atoms with Crippen LogP contribution in [0.4, 0.5) is 13.2 Å². The minimum absolute atomic E-state index is 0.0732. The minimum Gasteiger partial charge on any atom is -0.492 e.